The minimum Gasteiger partial charge on any atom is -0.435 e. The number of nitrogens with one attached hydrogen (secondary N) is 1. The largest absolute Gasteiger partial charge is 0.435 e. The third-order valence-corrected chi connectivity index (χ3v) is 3.49. The summed E-state index contributed by atoms with van der Waals surface area (Å²) in [6.07, 6.45) is 0. The van der Waals surface area contributed by atoms with E-state index in [2.05, 4.69) is 25.5 Å². The number of alkyl halides is 2. The first kappa shape index (κ1) is 17.5. The first-order valence-corrected chi connectivity index (χ1v) is 7.70. The fraction of sp³-hybridized carbons (Fsp3) is 0.176. The minimum absolute atomic E-state index is 0.0128. The summed E-state index contributed by atoms with van der Waals surface area (Å²) in [7, 11) is 0. The number of aromatic nitrogens is 4. The van der Waals surface area contributed by atoms with Crippen LogP contribution in [-0.2, 0) is 11.3 Å². The summed E-state index contributed by atoms with van der Waals surface area (Å²) in [6.45, 7) is -1.09. The number of hydrogen-bond acceptors (Lipinski definition) is 5. The van der Waals surface area contributed by atoms with Crippen molar-refractivity contribution in [2.75, 3.05) is 5.32 Å². The SMILES string of the molecule is Cc1ccccc1-c1nnn(CC(=O)Nc2ccc(OC(F)F)cc2)n1. The Bertz CT molecular complexity index is 896. The van der Waals surface area contributed by atoms with E-state index in [4.69, 9.17) is 0 Å². The van der Waals surface area contributed by atoms with E-state index in [0.29, 0.717) is 11.5 Å². The highest BCUT2D eigenvalue weighted by Crippen LogP contribution is 2.19. The number of carbonyl (C=O) groups excluding carboxylic acids is 1. The van der Waals surface area contributed by atoms with Crippen molar-refractivity contribution < 1.29 is 18.3 Å². The molecule has 1 N–H and O–H groups in total. The molecule has 9 heteroatoms. The molecule has 3 rings (SSSR count). The van der Waals surface area contributed by atoms with Gasteiger partial charge in [0.1, 0.15) is 12.3 Å². The summed E-state index contributed by atoms with van der Waals surface area (Å²) in [5.74, 6) is 0.0736. The van der Waals surface area contributed by atoms with Crippen molar-refractivity contribution in [2.45, 2.75) is 20.1 Å². The molecule has 1 aromatic heterocycles. The van der Waals surface area contributed by atoms with Gasteiger partial charge in [-0.15, -0.1) is 10.2 Å². The zero-order chi connectivity index (χ0) is 18.5. The van der Waals surface area contributed by atoms with E-state index in [1.54, 1.807) is 0 Å². The average Bonchev–Trinajstić information content (AvgIpc) is 3.04. The number of rotatable bonds is 6. The smallest absolute Gasteiger partial charge is 0.387 e. The highest BCUT2D eigenvalue weighted by atomic mass is 19.3. The maximum absolute atomic E-state index is 12.1. The number of hydrogen-bond donors (Lipinski definition) is 1. The summed E-state index contributed by atoms with van der Waals surface area (Å²) in [6, 6.07) is 13.2. The fourth-order valence-electron chi connectivity index (χ4n) is 2.29. The first-order valence-electron chi connectivity index (χ1n) is 7.70. The van der Waals surface area contributed by atoms with E-state index < -0.39 is 6.61 Å². The average molecular weight is 359 g/mol. The molecular formula is C17H15F2N5O2. The van der Waals surface area contributed by atoms with Crippen LogP contribution in [0.1, 0.15) is 5.56 Å². The van der Waals surface area contributed by atoms with Gasteiger partial charge in [-0.1, -0.05) is 24.3 Å². The zero-order valence-electron chi connectivity index (χ0n) is 13.8. The molecule has 1 amide bonds. The molecule has 0 atom stereocenters. The summed E-state index contributed by atoms with van der Waals surface area (Å²) in [5, 5.41) is 14.7. The minimum atomic E-state index is -2.89. The highest BCUT2D eigenvalue weighted by Gasteiger charge is 2.11. The highest BCUT2D eigenvalue weighted by molar-refractivity contribution is 5.90. The predicted octanol–water partition coefficient (Wildman–Crippen LogP) is 2.89. The summed E-state index contributed by atoms with van der Waals surface area (Å²) in [4.78, 5) is 13.3. The van der Waals surface area contributed by atoms with Crippen molar-refractivity contribution in [3.05, 3.63) is 54.1 Å². The Morgan fingerprint density at radius 3 is 2.62 bits per heavy atom. The van der Waals surface area contributed by atoms with Gasteiger partial charge in [0, 0.05) is 11.3 Å². The lowest BCUT2D eigenvalue weighted by Crippen LogP contribution is -2.20. The Morgan fingerprint density at radius 2 is 1.92 bits per heavy atom. The van der Waals surface area contributed by atoms with Gasteiger partial charge in [-0.3, -0.25) is 4.79 Å². The molecule has 0 aliphatic rings. The predicted molar refractivity (Wildman–Crippen MR) is 89.7 cm³/mol. The number of halogens is 2. The van der Waals surface area contributed by atoms with Gasteiger partial charge in [0.15, 0.2) is 0 Å². The lowest BCUT2D eigenvalue weighted by molar-refractivity contribution is -0.117. The van der Waals surface area contributed by atoms with Gasteiger partial charge in [-0.25, -0.2) is 0 Å². The molecule has 26 heavy (non-hydrogen) atoms. The second-order valence-electron chi connectivity index (χ2n) is 5.41. The van der Waals surface area contributed by atoms with Crippen LogP contribution in [-0.4, -0.2) is 32.7 Å². The molecule has 1 heterocycles. The van der Waals surface area contributed by atoms with E-state index in [0.717, 1.165) is 11.1 Å². The van der Waals surface area contributed by atoms with Crippen molar-refractivity contribution in [1.29, 1.82) is 0 Å². The van der Waals surface area contributed by atoms with Crippen LogP contribution in [0.15, 0.2) is 48.5 Å². The van der Waals surface area contributed by atoms with Crippen LogP contribution in [0.4, 0.5) is 14.5 Å². The lowest BCUT2D eigenvalue weighted by atomic mass is 10.1. The summed E-state index contributed by atoms with van der Waals surface area (Å²) >= 11 is 0. The second kappa shape index (κ2) is 7.68. The van der Waals surface area contributed by atoms with Gasteiger partial charge in [0.05, 0.1) is 0 Å². The molecule has 3 aromatic rings. The lowest BCUT2D eigenvalue weighted by Gasteiger charge is -2.07. The third kappa shape index (κ3) is 4.38. The molecule has 134 valence electrons. The van der Waals surface area contributed by atoms with Gasteiger partial charge in [-0.2, -0.15) is 13.6 Å². The molecule has 7 nitrogen and oxygen atoms in total. The van der Waals surface area contributed by atoms with E-state index in [-0.39, 0.29) is 18.2 Å². The van der Waals surface area contributed by atoms with Crippen LogP contribution >= 0.6 is 0 Å². The van der Waals surface area contributed by atoms with Crippen LogP contribution in [0.2, 0.25) is 0 Å². The van der Waals surface area contributed by atoms with Gasteiger partial charge >= 0.3 is 6.61 Å². The Balaban J connectivity index is 1.61. The Kier molecular flexibility index (Phi) is 5.16. The van der Waals surface area contributed by atoms with Crippen molar-refractivity contribution >= 4 is 11.6 Å². The van der Waals surface area contributed by atoms with Crippen LogP contribution in [0.3, 0.4) is 0 Å². The molecule has 0 fully saturated rings. The molecule has 0 aliphatic heterocycles. The molecule has 0 unspecified atom stereocenters. The number of nitrogens with zero attached hydrogens (tertiary/aromatic N) is 4. The van der Waals surface area contributed by atoms with Gasteiger partial charge < -0.3 is 10.1 Å². The van der Waals surface area contributed by atoms with Crippen molar-refractivity contribution in [2.24, 2.45) is 0 Å². The number of tetrazole rings is 1. The van der Waals surface area contributed by atoms with Gasteiger partial charge in [0.2, 0.25) is 11.7 Å². The molecule has 2 aromatic carbocycles. The fourth-order valence-corrected chi connectivity index (χ4v) is 2.29. The molecule has 0 saturated carbocycles. The van der Waals surface area contributed by atoms with Crippen molar-refractivity contribution in [3.8, 4) is 17.1 Å². The van der Waals surface area contributed by atoms with E-state index in [9.17, 15) is 13.6 Å². The Morgan fingerprint density at radius 1 is 1.19 bits per heavy atom. The third-order valence-electron chi connectivity index (χ3n) is 3.49. The molecule has 0 bridgehead atoms. The standard InChI is InChI=1S/C17H15F2N5O2/c1-11-4-2-3-5-14(11)16-21-23-24(22-16)10-15(25)20-12-6-8-13(9-7-12)26-17(18)19/h2-9,17H,10H2,1H3,(H,20,25). The maximum Gasteiger partial charge on any atom is 0.387 e. The molecule has 0 aliphatic carbocycles. The second-order valence-corrected chi connectivity index (χ2v) is 5.41. The zero-order valence-corrected chi connectivity index (χ0v) is 13.8. The van der Waals surface area contributed by atoms with Crippen LogP contribution in [0.5, 0.6) is 5.75 Å². The molecule has 0 radical (unpaired) electrons. The van der Waals surface area contributed by atoms with E-state index in [1.807, 2.05) is 31.2 Å². The Hall–Kier alpha value is -3.36. The molecule has 0 spiro atoms. The molecular weight excluding hydrogens is 344 g/mol. The number of aryl methyl sites for hydroxylation is 1. The van der Waals surface area contributed by atoms with E-state index in [1.165, 1.54) is 29.1 Å². The summed E-state index contributed by atoms with van der Waals surface area (Å²) in [5.41, 5.74) is 2.28. The first-order chi connectivity index (χ1) is 12.5. The van der Waals surface area contributed by atoms with E-state index >= 15 is 0 Å². The van der Waals surface area contributed by atoms with Crippen molar-refractivity contribution in [1.82, 2.24) is 20.2 Å². The van der Waals surface area contributed by atoms with Crippen molar-refractivity contribution in [3.63, 3.8) is 0 Å². The number of anilines is 1. The Labute approximate surface area is 147 Å². The van der Waals surface area contributed by atoms with Crippen LogP contribution < -0.4 is 10.1 Å². The summed E-state index contributed by atoms with van der Waals surface area (Å²) < 4.78 is 28.5. The molecule has 0 saturated heterocycles. The van der Waals surface area contributed by atoms with Crippen LogP contribution in [0, 0.1) is 6.92 Å². The van der Waals surface area contributed by atoms with Gasteiger partial charge in [-0.05, 0) is 42.0 Å². The quantitative estimate of drug-likeness (QED) is 0.732. The topological polar surface area (TPSA) is 81.9 Å². The number of benzene rings is 2. The van der Waals surface area contributed by atoms with Crippen LogP contribution in [0.25, 0.3) is 11.4 Å². The number of carbonyl (C=O) groups is 1. The van der Waals surface area contributed by atoms with Gasteiger partial charge in [0.25, 0.3) is 0 Å². The number of amides is 1. The maximum atomic E-state index is 12.1. The normalized spacial score (nSPS) is 10.8. The monoisotopic (exact) mass is 359 g/mol. The number of ether oxygens (including phenoxy) is 1.